The van der Waals surface area contributed by atoms with E-state index in [9.17, 15) is 0 Å². The summed E-state index contributed by atoms with van der Waals surface area (Å²) in [5, 5.41) is 5.83. The molecule has 19 heavy (non-hydrogen) atoms. The first-order chi connectivity index (χ1) is 9.15. The van der Waals surface area contributed by atoms with E-state index in [0.717, 1.165) is 28.9 Å². The van der Waals surface area contributed by atoms with Gasteiger partial charge in [-0.3, -0.25) is 0 Å². The minimum atomic E-state index is 0.883. The molecule has 1 heterocycles. The Bertz CT molecular complexity index is 769. The lowest BCUT2D eigenvalue weighted by Crippen LogP contribution is -2.02. The molecule has 0 atom stereocenters. The number of nitrogens with two attached hydrogens (primary N) is 1. The summed E-state index contributed by atoms with van der Waals surface area (Å²) in [5.41, 5.74) is 11.9. The zero-order chi connectivity index (χ0) is 13.6. The van der Waals surface area contributed by atoms with Crippen molar-refractivity contribution in [3.05, 3.63) is 35.9 Å². The van der Waals surface area contributed by atoms with Gasteiger partial charge in [-0.1, -0.05) is 18.2 Å². The molecule has 0 aliphatic carbocycles. The Labute approximate surface area is 113 Å². The van der Waals surface area contributed by atoms with Gasteiger partial charge in [0, 0.05) is 35.6 Å². The molecule has 3 N–H and O–H groups in total. The van der Waals surface area contributed by atoms with Crippen LogP contribution in [0.5, 0.6) is 0 Å². The minimum absolute atomic E-state index is 0.883. The predicted molar refractivity (Wildman–Crippen MR) is 83.7 cm³/mol. The zero-order valence-electron chi connectivity index (χ0n) is 11.6. The van der Waals surface area contributed by atoms with Gasteiger partial charge >= 0.3 is 0 Å². The van der Waals surface area contributed by atoms with Crippen LogP contribution < -0.4 is 11.1 Å². The molecule has 0 aliphatic heterocycles. The number of nitrogens with zero attached hydrogens (tertiary/aromatic N) is 1. The Morgan fingerprint density at radius 3 is 2.74 bits per heavy atom. The number of nitrogens with one attached hydrogen (secondary N) is 1. The number of hydrogen-bond donors (Lipinski definition) is 2. The Kier molecular flexibility index (Phi) is 2.63. The summed E-state index contributed by atoms with van der Waals surface area (Å²) < 4.78 is 2.22. The van der Waals surface area contributed by atoms with Crippen LogP contribution in [0.4, 0.5) is 11.4 Å². The van der Waals surface area contributed by atoms with Crippen LogP contribution in [0.15, 0.2) is 30.3 Å². The summed E-state index contributed by atoms with van der Waals surface area (Å²) in [6, 6.07) is 10.6. The highest BCUT2D eigenvalue weighted by atomic mass is 15.0. The highest BCUT2D eigenvalue weighted by Crippen LogP contribution is 2.38. The molecular weight excluding hydrogens is 234 g/mol. The van der Waals surface area contributed by atoms with Gasteiger partial charge in [-0.05, 0) is 31.5 Å². The SMILES string of the molecule is CCNc1cc(C)c(N)c2c3ccccc3n(C)c12. The van der Waals surface area contributed by atoms with Gasteiger partial charge in [-0.2, -0.15) is 0 Å². The first kappa shape index (κ1) is 11.9. The highest BCUT2D eigenvalue weighted by Gasteiger charge is 2.15. The van der Waals surface area contributed by atoms with E-state index >= 15 is 0 Å². The van der Waals surface area contributed by atoms with E-state index < -0.39 is 0 Å². The third-order valence-corrected chi connectivity index (χ3v) is 3.78. The molecule has 0 bridgehead atoms. The van der Waals surface area contributed by atoms with Gasteiger partial charge in [-0.25, -0.2) is 0 Å². The molecule has 1 aromatic heterocycles. The van der Waals surface area contributed by atoms with E-state index in [1.165, 1.54) is 16.4 Å². The topological polar surface area (TPSA) is 43.0 Å². The summed E-state index contributed by atoms with van der Waals surface area (Å²) in [5.74, 6) is 0. The van der Waals surface area contributed by atoms with Crippen molar-refractivity contribution in [3.63, 3.8) is 0 Å². The van der Waals surface area contributed by atoms with Crippen molar-refractivity contribution < 1.29 is 0 Å². The van der Waals surface area contributed by atoms with E-state index in [1.807, 2.05) is 0 Å². The second-order valence-corrected chi connectivity index (χ2v) is 4.98. The molecule has 0 fully saturated rings. The molecule has 0 radical (unpaired) electrons. The number of aryl methyl sites for hydroxylation is 2. The quantitative estimate of drug-likeness (QED) is 0.684. The number of nitrogen functional groups attached to an aromatic ring is 1. The monoisotopic (exact) mass is 253 g/mol. The number of aromatic nitrogens is 1. The first-order valence-corrected chi connectivity index (χ1v) is 6.65. The Morgan fingerprint density at radius 2 is 2.00 bits per heavy atom. The first-order valence-electron chi connectivity index (χ1n) is 6.65. The molecule has 0 amide bonds. The van der Waals surface area contributed by atoms with Gasteiger partial charge in [0.15, 0.2) is 0 Å². The van der Waals surface area contributed by atoms with Crippen molar-refractivity contribution >= 4 is 33.2 Å². The maximum atomic E-state index is 6.32. The van der Waals surface area contributed by atoms with Gasteiger partial charge in [0.2, 0.25) is 0 Å². The van der Waals surface area contributed by atoms with Crippen molar-refractivity contribution in [2.75, 3.05) is 17.6 Å². The number of benzene rings is 2. The van der Waals surface area contributed by atoms with Crippen LogP contribution in [0, 0.1) is 6.92 Å². The number of para-hydroxylation sites is 1. The van der Waals surface area contributed by atoms with Gasteiger partial charge in [-0.15, -0.1) is 0 Å². The summed E-state index contributed by atoms with van der Waals surface area (Å²) >= 11 is 0. The van der Waals surface area contributed by atoms with Gasteiger partial charge < -0.3 is 15.6 Å². The van der Waals surface area contributed by atoms with Gasteiger partial charge in [0.05, 0.1) is 11.2 Å². The largest absolute Gasteiger partial charge is 0.398 e. The molecule has 0 aliphatic rings. The van der Waals surface area contributed by atoms with E-state index in [-0.39, 0.29) is 0 Å². The standard InChI is InChI=1S/C16H19N3/c1-4-18-12-9-10(2)15(17)14-11-7-5-6-8-13(11)19(3)16(12)14/h5-9,18H,4,17H2,1-3H3. The smallest absolute Gasteiger partial charge is 0.0745 e. The normalized spacial score (nSPS) is 11.3. The van der Waals surface area contributed by atoms with E-state index in [2.05, 4.69) is 61.1 Å². The van der Waals surface area contributed by atoms with Crippen LogP contribution in [0.1, 0.15) is 12.5 Å². The van der Waals surface area contributed by atoms with Crippen molar-refractivity contribution in [2.45, 2.75) is 13.8 Å². The molecular formula is C16H19N3. The van der Waals surface area contributed by atoms with Crippen molar-refractivity contribution in [2.24, 2.45) is 7.05 Å². The summed E-state index contributed by atoms with van der Waals surface area (Å²) in [4.78, 5) is 0. The maximum Gasteiger partial charge on any atom is 0.0745 e. The summed E-state index contributed by atoms with van der Waals surface area (Å²) in [6.45, 7) is 5.08. The molecule has 0 saturated carbocycles. The van der Waals surface area contributed by atoms with Crippen LogP contribution in [-0.2, 0) is 7.05 Å². The Balaban J connectivity index is 2.57. The Morgan fingerprint density at radius 1 is 1.26 bits per heavy atom. The minimum Gasteiger partial charge on any atom is -0.398 e. The number of fused-ring (bicyclic) bond motifs is 3. The van der Waals surface area contributed by atoms with Crippen LogP contribution in [-0.4, -0.2) is 11.1 Å². The van der Waals surface area contributed by atoms with Crippen LogP contribution in [0.3, 0.4) is 0 Å². The third kappa shape index (κ3) is 1.58. The maximum absolute atomic E-state index is 6.32. The van der Waals surface area contributed by atoms with Gasteiger partial charge in [0.25, 0.3) is 0 Å². The zero-order valence-corrected chi connectivity index (χ0v) is 11.6. The fraction of sp³-hybridized carbons (Fsp3) is 0.250. The predicted octanol–water partition coefficient (Wildman–Crippen LogP) is 3.65. The lowest BCUT2D eigenvalue weighted by molar-refractivity contribution is 1.01. The van der Waals surface area contributed by atoms with Crippen LogP contribution >= 0.6 is 0 Å². The lowest BCUT2D eigenvalue weighted by Gasteiger charge is -2.11. The second-order valence-electron chi connectivity index (χ2n) is 4.98. The van der Waals surface area contributed by atoms with Crippen molar-refractivity contribution in [1.29, 1.82) is 0 Å². The highest BCUT2D eigenvalue weighted by molar-refractivity contribution is 6.17. The summed E-state index contributed by atoms with van der Waals surface area (Å²) in [6.07, 6.45) is 0. The number of anilines is 2. The average Bonchev–Trinajstić information content (AvgIpc) is 2.71. The number of rotatable bonds is 2. The van der Waals surface area contributed by atoms with Crippen LogP contribution in [0.2, 0.25) is 0 Å². The van der Waals surface area contributed by atoms with E-state index in [0.29, 0.717) is 0 Å². The average molecular weight is 253 g/mol. The Hall–Kier alpha value is -2.16. The molecule has 3 heteroatoms. The molecule has 0 spiro atoms. The fourth-order valence-electron chi connectivity index (χ4n) is 2.87. The molecule has 98 valence electrons. The molecule has 0 unspecified atom stereocenters. The molecule has 0 saturated heterocycles. The fourth-order valence-corrected chi connectivity index (χ4v) is 2.87. The second kappa shape index (κ2) is 4.19. The van der Waals surface area contributed by atoms with Crippen molar-refractivity contribution in [3.8, 4) is 0 Å². The molecule has 3 rings (SSSR count). The number of hydrogen-bond acceptors (Lipinski definition) is 2. The van der Waals surface area contributed by atoms with Crippen LogP contribution in [0.25, 0.3) is 21.8 Å². The van der Waals surface area contributed by atoms with Gasteiger partial charge in [0.1, 0.15) is 0 Å². The summed E-state index contributed by atoms with van der Waals surface area (Å²) in [7, 11) is 2.10. The van der Waals surface area contributed by atoms with E-state index in [4.69, 9.17) is 5.73 Å². The van der Waals surface area contributed by atoms with Crippen molar-refractivity contribution in [1.82, 2.24) is 4.57 Å². The lowest BCUT2D eigenvalue weighted by atomic mass is 10.1. The van der Waals surface area contributed by atoms with E-state index in [1.54, 1.807) is 0 Å². The molecule has 3 nitrogen and oxygen atoms in total. The molecule has 2 aromatic carbocycles. The molecule has 3 aromatic rings. The third-order valence-electron chi connectivity index (χ3n) is 3.78.